The van der Waals surface area contributed by atoms with Crippen molar-refractivity contribution in [3.8, 4) is 22.0 Å². The van der Waals surface area contributed by atoms with E-state index in [2.05, 4.69) is 83.6 Å². The minimum Gasteiger partial charge on any atom is -0.299 e. The summed E-state index contributed by atoms with van der Waals surface area (Å²) in [6.45, 7) is 8.57. The first-order valence-electron chi connectivity index (χ1n) is 9.16. The van der Waals surface area contributed by atoms with Crippen molar-refractivity contribution < 1.29 is 0 Å². The Morgan fingerprint density at radius 3 is 2.46 bits per heavy atom. The van der Waals surface area contributed by atoms with E-state index in [4.69, 9.17) is 4.98 Å². The van der Waals surface area contributed by atoms with E-state index in [0.717, 1.165) is 33.0 Å². The molecule has 0 N–H and O–H groups in total. The van der Waals surface area contributed by atoms with Crippen molar-refractivity contribution >= 4 is 34.4 Å². The van der Waals surface area contributed by atoms with Gasteiger partial charge in [-0.2, -0.15) is 0 Å². The van der Waals surface area contributed by atoms with E-state index < -0.39 is 0 Å². The number of nitrogens with zero attached hydrogens (tertiary/aromatic N) is 4. The molecule has 0 fully saturated rings. The summed E-state index contributed by atoms with van der Waals surface area (Å²) in [6.07, 6.45) is 0. The molecule has 0 saturated carbocycles. The van der Waals surface area contributed by atoms with Gasteiger partial charge in [0.2, 0.25) is 0 Å². The van der Waals surface area contributed by atoms with Crippen molar-refractivity contribution in [2.45, 2.75) is 44.6 Å². The average Bonchev–Trinajstić information content (AvgIpc) is 3.39. The highest BCUT2D eigenvalue weighted by molar-refractivity contribution is 7.98. The Balaban J connectivity index is 1.52. The lowest BCUT2D eigenvalue weighted by Gasteiger charge is -2.12. The van der Waals surface area contributed by atoms with Crippen LogP contribution in [0.4, 0.5) is 0 Å². The summed E-state index contributed by atoms with van der Waals surface area (Å²) in [7, 11) is 0. The van der Waals surface area contributed by atoms with Crippen molar-refractivity contribution in [3.05, 3.63) is 57.2 Å². The molecule has 0 aliphatic heterocycles. The van der Waals surface area contributed by atoms with Crippen molar-refractivity contribution in [1.29, 1.82) is 0 Å². The van der Waals surface area contributed by atoms with E-state index >= 15 is 0 Å². The second-order valence-corrected chi connectivity index (χ2v) is 9.93. The van der Waals surface area contributed by atoms with Gasteiger partial charge in [0, 0.05) is 38.6 Å². The molecule has 1 aromatic carbocycles. The monoisotopic (exact) mass is 426 g/mol. The maximum Gasteiger partial charge on any atom is 0.192 e. The fourth-order valence-corrected chi connectivity index (χ4v) is 5.51. The number of aromatic nitrogens is 4. The van der Waals surface area contributed by atoms with Gasteiger partial charge in [0.05, 0.1) is 5.69 Å². The molecule has 0 unspecified atom stereocenters. The van der Waals surface area contributed by atoms with Crippen LogP contribution in [0.1, 0.15) is 36.0 Å². The predicted molar refractivity (Wildman–Crippen MR) is 120 cm³/mol. The third-order valence-electron chi connectivity index (χ3n) is 4.37. The molecule has 0 bridgehead atoms. The Morgan fingerprint density at radius 2 is 1.79 bits per heavy atom. The minimum atomic E-state index is 0.297. The van der Waals surface area contributed by atoms with E-state index in [1.54, 1.807) is 34.4 Å². The Bertz CT molecular complexity index is 1070. The molecule has 3 aromatic heterocycles. The summed E-state index contributed by atoms with van der Waals surface area (Å²) in [4.78, 5) is 6.10. The number of hydrogen-bond acceptors (Lipinski definition) is 6. The van der Waals surface area contributed by atoms with Gasteiger partial charge in [-0.25, -0.2) is 4.98 Å². The van der Waals surface area contributed by atoms with Crippen LogP contribution in [0.15, 0.2) is 46.2 Å². The Labute approximate surface area is 177 Å². The Hall–Kier alpha value is -1.96. The first-order valence-corrected chi connectivity index (χ1v) is 11.9. The van der Waals surface area contributed by atoms with Gasteiger partial charge in [0.25, 0.3) is 0 Å². The molecule has 0 saturated heterocycles. The van der Waals surface area contributed by atoms with Gasteiger partial charge in [-0.1, -0.05) is 41.6 Å². The molecule has 0 atom stereocenters. The number of benzene rings is 1. The van der Waals surface area contributed by atoms with Crippen LogP contribution in [0.5, 0.6) is 0 Å². The predicted octanol–water partition coefficient (Wildman–Crippen LogP) is 6.62. The number of thiazole rings is 1. The number of hydrogen-bond donors (Lipinski definition) is 0. The van der Waals surface area contributed by atoms with Crippen LogP contribution in [0, 0.1) is 13.8 Å². The van der Waals surface area contributed by atoms with Crippen LogP contribution >= 0.6 is 34.4 Å². The summed E-state index contributed by atoms with van der Waals surface area (Å²) in [5.41, 5.74) is 4.66. The molecule has 7 heteroatoms. The lowest BCUT2D eigenvalue weighted by atomic mass is 10.2. The Kier molecular flexibility index (Phi) is 5.66. The first kappa shape index (κ1) is 19.4. The molecule has 0 aliphatic rings. The standard InChI is InChI=1S/C21H22N4S3/c1-13(2)25-19(17-9-15(4)26-10-17)23-24-21(25)28-12-18-11-27-20(22-18)16-7-5-14(3)6-8-16/h5-11,13H,12H2,1-4H3. The maximum atomic E-state index is 4.81. The van der Waals surface area contributed by atoms with Gasteiger partial charge in [-0.15, -0.1) is 32.9 Å². The van der Waals surface area contributed by atoms with Crippen LogP contribution in [0.25, 0.3) is 22.0 Å². The van der Waals surface area contributed by atoms with Crippen LogP contribution < -0.4 is 0 Å². The summed E-state index contributed by atoms with van der Waals surface area (Å²) < 4.78 is 2.22. The van der Waals surface area contributed by atoms with Crippen LogP contribution in [0.3, 0.4) is 0 Å². The van der Waals surface area contributed by atoms with Gasteiger partial charge in [-0.05, 0) is 33.8 Å². The normalized spacial score (nSPS) is 11.5. The van der Waals surface area contributed by atoms with E-state index in [1.165, 1.54) is 16.0 Å². The molecule has 0 radical (unpaired) electrons. The fraction of sp³-hybridized carbons (Fsp3) is 0.286. The summed E-state index contributed by atoms with van der Waals surface area (Å²) >= 11 is 5.14. The van der Waals surface area contributed by atoms with Crippen LogP contribution in [-0.2, 0) is 5.75 Å². The molecule has 28 heavy (non-hydrogen) atoms. The zero-order valence-electron chi connectivity index (χ0n) is 16.3. The van der Waals surface area contributed by atoms with E-state index in [0.29, 0.717) is 6.04 Å². The topological polar surface area (TPSA) is 43.6 Å². The second-order valence-electron chi connectivity index (χ2n) is 7.01. The molecule has 0 spiro atoms. The molecule has 3 heterocycles. The largest absolute Gasteiger partial charge is 0.299 e. The highest BCUT2D eigenvalue weighted by Gasteiger charge is 2.18. The SMILES string of the molecule is Cc1ccc(-c2nc(CSc3nnc(-c4csc(C)c4)n3C(C)C)cs2)cc1. The fourth-order valence-electron chi connectivity index (χ4n) is 2.94. The number of thioether (sulfide) groups is 1. The third kappa shape index (κ3) is 4.06. The van der Waals surface area contributed by atoms with Gasteiger partial charge in [0.1, 0.15) is 5.01 Å². The molecule has 0 amide bonds. The van der Waals surface area contributed by atoms with Gasteiger partial charge in [0.15, 0.2) is 11.0 Å². The smallest absolute Gasteiger partial charge is 0.192 e. The third-order valence-corrected chi connectivity index (χ3v) is 7.15. The molecule has 4 rings (SSSR count). The first-order chi connectivity index (χ1) is 13.5. The summed E-state index contributed by atoms with van der Waals surface area (Å²) in [5, 5.41) is 15.2. The van der Waals surface area contributed by atoms with Crippen LogP contribution in [0.2, 0.25) is 0 Å². The molecule has 4 aromatic rings. The zero-order valence-corrected chi connectivity index (χ0v) is 18.8. The van der Waals surface area contributed by atoms with E-state index in [1.807, 2.05) is 0 Å². The summed E-state index contributed by atoms with van der Waals surface area (Å²) in [6, 6.07) is 11.0. The quantitative estimate of drug-likeness (QED) is 0.325. The number of rotatable bonds is 6. The van der Waals surface area contributed by atoms with E-state index in [-0.39, 0.29) is 0 Å². The molecule has 0 aliphatic carbocycles. The lowest BCUT2D eigenvalue weighted by molar-refractivity contribution is 0.555. The summed E-state index contributed by atoms with van der Waals surface area (Å²) in [5.74, 6) is 1.73. The molecule has 144 valence electrons. The van der Waals surface area contributed by atoms with E-state index in [9.17, 15) is 0 Å². The zero-order chi connectivity index (χ0) is 19.7. The van der Waals surface area contributed by atoms with Crippen LogP contribution in [-0.4, -0.2) is 19.7 Å². The highest BCUT2D eigenvalue weighted by atomic mass is 32.2. The minimum absolute atomic E-state index is 0.297. The van der Waals surface area contributed by atoms with Crippen molar-refractivity contribution in [2.24, 2.45) is 0 Å². The molecule has 4 nitrogen and oxygen atoms in total. The van der Waals surface area contributed by atoms with Gasteiger partial charge in [-0.3, -0.25) is 4.57 Å². The van der Waals surface area contributed by atoms with Crippen molar-refractivity contribution in [3.63, 3.8) is 0 Å². The molecular weight excluding hydrogens is 404 g/mol. The second kappa shape index (κ2) is 8.19. The maximum absolute atomic E-state index is 4.81. The van der Waals surface area contributed by atoms with Gasteiger partial charge >= 0.3 is 0 Å². The van der Waals surface area contributed by atoms with Gasteiger partial charge < -0.3 is 0 Å². The number of aryl methyl sites for hydroxylation is 2. The van der Waals surface area contributed by atoms with Crippen molar-refractivity contribution in [1.82, 2.24) is 19.7 Å². The van der Waals surface area contributed by atoms with Crippen molar-refractivity contribution in [2.75, 3.05) is 0 Å². The molecular formula is C21H22N4S3. The highest BCUT2D eigenvalue weighted by Crippen LogP contribution is 2.32. The Morgan fingerprint density at radius 1 is 1.00 bits per heavy atom. The lowest BCUT2D eigenvalue weighted by Crippen LogP contribution is -2.04. The average molecular weight is 427 g/mol. The number of thiophene rings is 1.